The van der Waals surface area contributed by atoms with Crippen molar-refractivity contribution in [2.24, 2.45) is 0 Å². The summed E-state index contributed by atoms with van der Waals surface area (Å²) in [4.78, 5) is 35.3. The predicted molar refractivity (Wildman–Crippen MR) is 131 cm³/mol. The summed E-state index contributed by atoms with van der Waals surface area (Å²) in [6.07, 6.45) is 4.58. The number of ketones is 1. The Morgan fingerprint density at radius 3 is 2.26 bits per heavy atom. The number of nitrogens with zero attached hydrogens (tertiary/aromatic N) is 2. The van der Waals surface area contributed by atoms with Crippen LogP contribution in [-0.4, -0.2) is 30.2 Å². The first kappa shape index (κ1) is 23.7. The smallest absolute Gasteiger partial charge is 0.307 e. The summed E-state index contributed by atoms with van der Waals surface area (Å²) in [5.41, 5.74) is 7.18. The van der Waals surface area contributed by atoms with Gasteiger partial charge in [0.15, 0.2) is 5.78 Å². The van der Waals surface area contributed by atoms with Gasteiger partial charge < -0.3 is 5.32 Å². The van der Waals surface area contributed by atoms with Gasteiger partial charge in [0.25, 0.3) is 10.0 Å². The summed E-state index contributed by atoms with van der Waals surface area (Å²) >= 11 is 0. The van der Waals surface area contributed by atoms with E-state index in [9.17, 15) is 18.0 Å². The molecule has 4 rings (SSSR count). The number of hydrazine groups is 2. The molecule has 0 spiro atoms. The zero-order valence-electron chi connectivity index (χ0n) is 18.2. The van der Waals surface area contributed by atoms with Crippen LogP contribution in [0.25, 0.3) is 17.1 Å². The molecule has 0 unspecified atom stereocenters. The number of hydrogen-bond acceptors (Lipinski definition) is 7. The number of hydrogen-bond donors (Lipinski definition) is 4. The van der Waals surface area contributed by atoms with Crippen LogP contribution in [0, 0.1) is 0 Å². The van der Waals surface area contributed by atoms with Gasteiger partial charge in [-0.05, 0) is 60.7 Å². The Hall–Kier alpha value is -4.45. The molecule has 35 heavy (non-hydrogen) atoms. The van der Waals surface area contributed by atoms with Crippen LogP contribution < -0.4 is 21.1 Å². The van der Waals surface area contributed by atoms with Crippen molar-refractivity contribution in [3.05, 3.63) is 102 Å². The molecule has 176 valence electrons. The normalized spacial score (nSPS) is 11.4. The number of nitrogens with one attached hydrogen (secondary N) is 4. The molecular formula is C24H20N6O4S. The molecule has 0 bridgehead atoms. The first-order valence-corrected chi connectivity index (χ1v) is 11.8. The number of fused-ring (bicyclic) bond motifs is 1. The molecule has 10 nitrogen and oxygen atoms in total. The molecule has 3 aromatic carbocycles. The van der Waals surface area contributed by atoms with Gasteiger partial charge >= 0.3 is 6.03 Å². The molecule has 2 amide bonds. The van der Waals surface area contributed by atoms with Crippen LogP contribution in [0.4, 0.5) is 10.5 Å². The lowest BCUT2D eigenvalue weighted by atomic mass is 10.1. The summed E-state index contributed by atoms with van der Waals surface area (Å²) in [5.74, 6) is -0.243. The molecule has 0 aliphatic heterocycles. The molecule has 4 N–H and O–H groups in total. The van der Waals surface area contributed by atoms with Crippen LogP contribution in [0.15, 0.2) is 96.0 Å². The number of urea groups is 1. The molecule has 0 fully saturated rings. The largest absolute Gasteiger partial charge is 0.334 e. The van der Waals surface area contributed by atoms with E-state index in [4.69, 9.17) is 0 Å². The maximum atomic E-state index is 12.5. The topological polar surface area (TPSA) is 142 Å². The van der Waals surface area contributed by atoms with E-state index in [0.717, 1.165) is 11.0 Å². The van der Waals surface area contributed by atoms with Gasteiger partial charge in [-0.3, -0.25) is 15.2 Å². The van der Waals surface area contributed by atoms with E-state index < -0.39 is 16.1 Å². The van der Waals surface area contributed by atoms with E-state index >= 15 is 0 Å². The lowest BCUT2D eigenvalue weighted by Crippen LogP contribution is -2.50. The molecule has 0 aliphatic carbocycles. The van der Waals surface area contributed by atoms with Crippen LogP contribution in [0.1, 0.15) is 16.1 Å². The van der Waals surface area contributed by atoms with Gasteiger partial charge in [0.1, 0.15) is 0 Å². The number of rotatable bonds is 8. The van der Waals surface area contributed by atoms with Crippen LogP contribution in [0.3, 0.4) is 0 Å². The second-order valence-corrected chi connectivity index (χ2v) is 8.86. The Labute approximate surface area is 201 Å². The fourth-order valence-corrected chi connectivity index (χ4v) is 3.82. The minimum Gasteiger partial charge on any atom is -0.307 e. The van der Waals surface area contributed by atoms with Gasteiger partial charge in [0.05, 0.1) is 27.8 Å². The number of anilines is 1. The fraction of sp³-hybridized carbons (Fsp3) is 0. The molecule has 0 radical (unpaired) electrons. The summed E-state index contributed by atoms with van der Waals surface area (Å²) in [6, 6.07) is 20.6. The Kier molecular flexibility index (Phi) is 7.21. The SMILES string of the molecule is O=C(NNNS(=O)(=O)c1ccccc1)Nc1ccc(C(=O)C=Cc2cnc3ccccc3n2)cc1. The molecule has 0 aliphatic rings. The van der Waals surface area contributed by atoms with Crippen molar-refractivity contribution >= 4 is 44.6 Å². The third-order valence-corrected chi connectivity index (χ3v) is 5.98. The maximum absolute atomic E-state index is 12.5. The zero-order chi connectivity index (χ0) is 24.7. The van der Waals surface area contributed by atoms with Crippen LogP contribution in [0.5, 0.6) is 0 Å². The summed E-state index contributed by atoms with van der Waals surface area (Å²) < 4.78 is 24.2. The van der Waals surface area contributed by atoms with E-state index in [1.807, 2.05) is 29.1 Å². The first-order valence-electron chi connectivity index (χ1n) is 10.3. The number of para-hydroxylation sites is 2. The highest BCUT2D eigenvalue weighted by molar-refractivity contribution is 7.89. The standard InChI is InChI=1S/C24H20N6O4S/c31-23(15-14-19-16-25-21-8-4-5-9-22(21)26-19)17-10-12-18(13-11-17)27-24(32)28-29-30-35(33,34)20-6-2-1-3-7-20/h1-16,29-30H,(H2,27,28,32). The van der Waals surface area contributed by atoms with Crippen molar-refractivity contribution in [3.63, 3.8) is 0 Å². The van der Waals surface area contributed by atoms with Crippen LogP contribution >= 0.6 is 0 Å². The first-order chi connectivity index (χ1) is 16.9. The van der Waals surface area contributed by atoms with Gasteiger partial charge in [-0.1, -0.05) is 30.3 Å². The molecular weight excluding hydrogens is 468 g/mol. The van der Waals surface area contributed by atoms with E-state index in [0.29, 0.717) is 16.9 Å². The maximum Gasteiger partial charge on any atom is 0.334 e. The average molecular weight is 489 g/mol. The second kappa shape index (κ2) is 10.7. The molecule has 4 aromatic rings. The Bertz CT molecular complexity index is 1490. The van der Waals surface area contributed by atoms with Crippen molar-refractivity contribution < 1.29 is 18.0 Å². The van der Waals surface area contributed by atoms with Crippen molar-refractivity contribution in [2.45, 2.75) is 4.90 Å². The molecule has 0 atom stereocenters. The van der Waals surface area contributed by atoms with Crippen molar-refractivity contribution in [3.8, 4) is 0 Å². The second-order valence-electron chi connectivity index (χ2n) is 7.18. The third-order valence-electron chi connectivity index (χ3n) is 4.71. The quantitative estimate of drug-likeness (QED) is 0.170. The van der Waals surface area contributed by atoms with Crippen molar-refractivity contribution in [1.82, 2.24) is 25.8 Å². The fourth-order valence-electron chi connectivity index (χ4n) is 3.00. The number of benzene rings is 3. The highest BCUT2D eigenvalue weighted by atomic mass is 32.2. The van der Waals surface area contributed by atoms with Crippen molar-refractivity contribution in [2.75, 3.05) is 5.32 Å². The van der Waals surface area contributed by atoms with Gasteiger partial charge in [0.2, 0.25) is 0 Å². The minimum absolute atomic E-state index is 0.0386. The Balaban J connectivity index is 1.28. The molecule has 1 heterocycles. The predicted octanol–water partition coefficient (Wildman–Crippen LogP) is 3.05. The van der Waals surface area contributed by atoms with E-state index in [1.54, 1.807) is 54.7 Å². The molecule has 0 saturated heterocycles. The Morgan fingerprint density at radius 2 is 1.51 bits per heavy atom. The summed E-state index contributed by atoms with van der Waals surface area (Å²) in [5, 5.41) is 2.51. The highest BCUT2D eigenvalue weighted by Gasteiger charge is 2.13. The number of aromatic nitrogens is 2. The van der Waals surface area contributed by atoms with Gasteiger partial charge in [-0.2, -0.15) is 5.53 Å². The summed E-state index contributed by atoms with van der Waals surface area (Å²) in [7, 11) is -3.84. The molecule has 11 heteroatoms. The van der Waals surface area contributed by atoms with E-state index in [-0.39, 0.29) is 10.7 Å². The van der Waals surface area contributed by atoms with Crippen molar-refractivity contribution in [1.29, 1.82) is 0 Å². The molecule has 1 aromatic heterocycles. The molecule has 0 saturated carbocycles. The third kappa shape index (κ3) is 6.32. The monoisotopic (exact) mass is 488 g/mol. The van der Waals surface area contributed by atoms with Gasteiger partial charge in [-0.15, -0.1) is 4.83 Å². The van der Waals surface area contributed by atoms with Crippen LogP contribution in [0.2, 0.25) is 0 Å². The summed E-state index contributed by atoms with van der Waals surface area (Å²) in [6.45, 7) is 0. The highest BCUT2D eigenvalue weighted by Crippen LogP contribution is 2.13. The van der Waals surface area contributed by atoms with E-state index in [2.05, 4.69) is 26.2 Å². The minimum atomic E-state index is -3.84. The lowest BCUT2D eigenvalue weighted by molar-refractivity contribution is 0.104. The van der Waals surface area contributed by atoms with E-state index in [1.165, 1.54) is 18.2 Å². The average Bonchev–Trinajstić information content (AvgIpc) is 2.88. The lowest BCUT2D eigenvalue weighted by Gasteiger charge is -2.10. The number of carbonyl (C=O) groups is 2. The van der Waals surface area contributed by atoms with Gasteiger partial charge in [-0.25, -0.2) is 18.2 Å². The number of sulfonamides is 1. The zero-order valence-corrected chi connectivity index (χ0v) is 19.0. The number of allylic oxidation sites excluding steroid dienone is 1. The number of carbonyl (C=O) groups excluding carboxylic acids is 2. The van der Waals surface area contributed by atoms with Gasteiger partial charge in [0, 0.05) is 11.3 Å². The number of amides is 2. The Morgan fingerprint density at radius 1 is 0.829 bits per heavy atom. The van der Waals surface area contributed by atoms with Crippen LogP contribution in [-0.2, 0) is 10.0 Å².